The first-order chi connectivity index (χ1) is 8.25. The van der Waals surface area contributed by atoms with Crippen molar-refractivity contribution in [1.82, 2.24) is 4.90 Å². The lowest BCUT2D eigenvalue weighted by molar-refractivity contribution is 0.147. The van der Waals surface area contributed by atoms with Gasteiger partial charge in [-0.25, -0.2) is 0 Å². The highest BCUT2D eigenvalue weighted by Crippen LogP contribution is 2.17. The quantitative estimate of drug-likeness (QED) is 0.834. The van der Waals surface area contributed by atoms with Crippen LogP contribution < -0.4 is 4.74 Å². The van der Waals surface area contributed by atoms with Crippen molar-refractivity contribution in [2.24, 2.45) is 0 Å². The van der Waals surface area contributed by atoms with Gasteiger partial charge in [0.15, 0.2) is 0 Å². The monoisotopic (exact) mass is 299 g/mol. The molecule has 0 radical (unpaired) electrons. The molecule has 1 atom stereocenters. The van der Waals surface area contributed by atoms with E-state index in [1.807, 2.05) is 24.3 Å². The van der Waals surface area contributed by atoms with Gasteiger partial charge in [0.05, 0.1) is 6.61 Å². The molecule has 0 spiro atoms. The molecule has 0 amide bonds. The zero-order valence-corrected chi connectivity index (χ0v) is 11.6. The molecule has 1 heterocycles. The van der Waals surface area contributed by atoms with Crippen LogP contribution in [0.4, 0.5) is 0 Å². The summed E-state index contributed by atoms with van der Waals surface area (Å²) in [5, 5.41) is 0. The molecule has 0 N–H and O–H groups in total. The fourth-order valence-corrected chi connectivity index (χ4v) is 2.29. The second kappa shape index (κ2) is 6.38. The zero-order valence-electron chi connectivity index (χ0n) is 10.1. The Morgan fingerprint density at radius 1 is 1.53 bits per heavy atom. The molecular formula is C13H18BrNO2. The van der Waals surface area contributed by atoms with Crippen LogP contribution in [0.3, 0.4) is 0 Å². The van der Waals surface area contributed by atoms with Crippen molar-refractivity contribution in [3.63, 3.8) is 0 Å². The zero-order chi connectivity index (χ0) is 12.1. The predicted molar refractivity (Wildman–Crippen MR) is 71.5 cm³/mol. The molecule has 4 heteroatoms. The third-order valence-electron chi connectivity index (χ3n) is 3.04. The summed E-state index contributed by atoms with van der Waals surface area (Å²) in [6.07, 6.45) is 1.13. The summed E-state index contributed by atoms with van der Waals surface area (Å²) in [6, 6.07) is 8.49. The standard InChI is InChI=1S/C13H18BrNO2/c1-15(12-5-7-16-10-12)6-8-17-13-4-2-3-11(14)9-13/h2-4,9,12H,5-8,10H2,1H3. The maximum Gasteiger partial charge on any atom is 0.120 e. The molecule has 1 aliphatic rings. The first-order valence-corrected chi connectivity index (χ1v) is 6.71. The highest BCUT2D eigenvalue weighted by Gasteiger charge is 2.19. The SMILES string of the molecule is CN(CCOc1cccc(Br)c1)C1CCOC1. The van der Waals surface area contributed by atoms with Crippen LogP contribution in [-0.4, -0.2) is 44.4 Å². The van der Waals surface area contributed by atoms with Gasteiger partial charge in [-0.15, -0.1) is 0 Å². The molecule has 0 aromatic heterocycles. The molecule has 17 heavy (non-hydrogen) atoms. The second-order valence-electron chi connectivity index (χ2n) is 4.30. The molecule has 1 aromatic rings. The minimum absolute atomic E-state index is 0.557. The van der Waals surface area contributed by atoms with Crippen molar-refractivity contribution in [3.8, 4) is 5.75 Å². The van der Waals surface area contributed by atoms with E-state index in [2.05, 4.69) is 27.9 Å². The first-order valence-electron chi connectivity index (χ1n) is 5.92. The van der Waals surface area contributed by atoms with Crippen molar-refractivity contribution in [2.75, 3.05) is 33.4 Å². The van der Waals surface area contributed by atoms with E-state index >= 15 is 0 Å². The lowest BCUT2D eigenvalue weighted by Crippen LogP contribution is -2.35. The highest BCUT2D eigenvalue weighted by molar-refractivity contribution is 9.10. The number of hydrogen-bond acceptors (Lipinski definition) is 3. The van der Waals surface area contributed by atoms with Crippen molar-refractivity contribution >= 4 is 15.9 Å². The van der Waals surface area contributed by atoms with E-state index in [4.69, 9.17) is 9.47 Å². The highest BCUT2D eigenvalue weighted by atomic mass is 79.9. The lowest BCUT2D eigenvalue weighted by Gasteiger charge is -2.22. The van der Waals surface area contributed by atoms with E-state index in [9.17, 15) is 0 Å². The number of halogens is 1. The van der Waals surface area contributed by atoms with Gasteiger partial charge in [-0.1, -0.05) is 22.0 Å². The van der Waals surface area contributed by atoms with E-state index in [0.29, 0.717) is 12.6 Å². The van der Waals surface area contributed by atoms with Crippen molar-refractivity contribution < 1.29 is 9.47 Å². The van der Waals surface area contributed by atoms with Crippen LogP contribution in [0.15, 0.2) is 28.7 Å². The Kier molecular flexibility index (Phi) is 4.83. The van der Waals surface area contributed by atoms with Gasteiger partial charge in [-0.2, -0.15) is 0 Å². The molecule has 0 saturated carbocycles. The van der Waals surface area contributed by atoms with E-state index in [0.717, 1.165) is 36.4 Å². The van der Waals surface area contributed by atoms with Crippen LogP contribution in [-0.2, 0) is 4.74 Å². The van der Waals surface area contributed by atoms with Gasteiger partial charge in [-0.3, -0.25) is 4.90 Å². The third-order valence-corrected chi connectivity index (χ3v) is 3.53. The van der Waals surface area contributed by atoms with Gasteiger partial charge >= 0.3 is 0 Å². The van der Waals surface area contributed by atoms with E-state index < -0.39 is 0 Å². The maximum atomic E-state index is 5.70. The molecule has 1 fully saturated rings. The Morgan fingerprint density at radius 3 is 3.12 bits per heavy atom. The summed E-state index contributed by atoms with van der Waals surface area (Å²) < 4.78 is 12.1. The molecule has 1 aliphatic heterocycles. The summed E-state index contributed by atoms with van der Waals surface area (Å²) in [5.74, 6) is 0.912. The minimum Gasteiger partial charge on any atom is -0.492 e. The maximum absolute atomic E-state index is 5.70. The molecule has 2 rings (SSSR count). The van der Waals surface area contributed by atoms with Gasteiger partial charge < -0.3 is 9.47 Å². The average molecular weight is 300 g/mol. The Labute approximate surface area is 111 Å². The van der Waals surface area contributed by atoms with Crippen LogP contribution in [0.5, 0.6) is 5.75 Å². The largest absolute Gasteiger partial charge is 0.492 e. The van der Waals surface area contributed by atoms with Crippen LogP contribution >= 0.6 is 15.9 Å². The molecule has 0 aliphatic carbocycles. The second-order valence-corrected chi connectivity index (χ2v) is 5.22. The number of hydrogen-bond donors (Lipinski definition) is 0. The van der Waals surface area contributed by atoms with E-state index in [1.165, 1.54) is 0 Å². The molecule has 1 aromatic carbocycles. The molecule has 1 saturated heterocycles. The first kappa shape index (κ1) is 12.9. The third kappa shape index (κ3) is 3.98. The normalized spacial score (nSPS) is 19.8. The van der Waals surface area contributed by atoms with Crippen molar-refractivity contribution in [1.29, 1.82) is 0 Å². The Balaban J connectivity index is 1.71. The van der Waals surface area contributed by atoms with E-state index in [-0.39, 0.29) is 0 Å². The van der Waals surface area contributed by atoms with Gasteiger partial charge in [0.1, 0.15) is 12.4 Å². The minimum atomic E-state index is 0.557. The number of benzene rings is 1. The summed E-state index contributed by atoms with van der Waals surface area (Å²) in [7, 11) is 2.13. The smallest absolute Gasteiger partial charge is 0.120 e. The summed E-state index contributed by atoms with van der Waals surface area (Å²) in [6.45, 7) is 3.39. The molecule has 3 nitrogen and oxygen atoms in total. The molecular weight excluding hydrogens is 282 g/mol. The van der Waals surface area contributed by atoms with E-state index in [1.54, 1.807) is 0 Å². The fraction of sp³-hybridized carbons (Fsp3) is 0.538. The number of rotatable bonds is 5. The van der Waals surface area contributed by atoms with Crippen LogP contribution in [0.1, 0.15) is 6.42 Å². The van der Waals surface area contributed by atoms with Crippen LogP contribution in [0.25, 0.3) is 0 Å². The van der Waals surface area contributed by atoms with Crippen molar-refractivity contribution in [2.45, 2.75) is 12.5 Å². The van der Waals surface area contributed by atoms with Crippen LogP contribution in [0, 0.1) is 0 Å². The summed E-state index contributed by atoms with van der Waals surface area (Å²) in [4.78, 5) is 2.31. The average Bonchev–Trinajstić information content (AvgIpc) is 2.82. The van der Waals surface area contributed by atoms with Gasteiger partial charge in [0.2, 0.25) is 0 Å². The Hall–Kier alpha value is -0.580. The Bertz CT molecular complexity index is 353. The van der Waals surface area contributed by atoms with Gasteiger partial charge in [0.25, 0.3) is 0 Å². The predicted octanol–water partition coefficient (Wildman–Crippen LogP) is 2.55. The summed E-state index contributed by atoms with van der Waals surface area (Å²) >= 11 is 3.43. The molecule has 0 bridgehead atoms. The van der Waals surface area contributed by atoms with Crippen LogP contribution in [0.2, 0.25) is 0 Å². The number of likely N-dealkylation sites (N-methyl/N-ethyl adjacent to an activating group) is 1. The number of ether oxygens (including phenoxy) is 2. The Morgan fingerprint density at radius 2 is 2.41 bits per heavy atom. The topological polar surface area (TPSA) is 21.7 Å². The van der Waals surface area contributed by atoms with Gasteiger partial charge in [-0.05, 0) is 31.7 Å². The number of nitrogens with zero attached hydrogens (tertiary/aromatic N) is 1. The fourth-order valence-electron chi connectivity index (χ4n) is 1.92. The van der Waals surface area contributed by atoms with Gasteiger partial charge in [0, 0.05) is 23.7 Å². The van der Waals surface area contributed by atoms with Crippen molar-refractivity contribution in [3.05, 3.63) is 28.7 Å². The molecule has 1 unspecified atom stereocenters. The summed E-state index contributed by atoms with van der Waals surface area (Å²) in [5.41, 5.74) is 0. The molecule has 94 valence electrons. The lowest BCUT2D eigenvalue weighted by atomic mass is 10.2.